The van der Waals surface area contributed by atoms with Crippen LogP contribution in [-0.4, -0.2) is 29.1 Å². The van der Waals surface area contributed by atoms with Crippen LogP contribution in [0, 0.1) is 15.5 Å². The monoisotopic (exact) mass is 298 g/mol. The van der Waals surface area contributed by atoms with E-state index in [4.69, 9.17) is 16.7 Å². The van der Waals surface area contributed by atoms with Gasteiger partial charge in [0.2, 0.25) is 0 Å². The molecule has 1 aromatic rings. The zero-order valence-electron chi connectivity index (χ0n) is 10.8. The highest BCUT2D eigenvalue weighted by atomic mass is 35.5. The minimum atomic E-state index is -0.562. The molecule has 0 aliphatic heterocycles. The molecule has 1 aromatic carbocycles. The van der Waals surface area contributed by atoms with Crippen LogP contribution in [0.15, 0.2) is 18.2 Å². The van der Waals surface area contributed by atoms with Crippen LogP contribution in [-0.2, 0) is 0 Å². The number of benzene rings is 1. The SMILES string of the molecule is O=C(NCC1(CCO)CC1)c1ccc([N+](=O)[O-])cc1Cl. The van der Waals surface area contributed by atoms with Gasteiger partial charge >= 0.3 is 0 Å². The van der Waals surface area contributed by atoms with Crippen molar-refractivity contribution in [1.82, 2.24) is 5.32 Å². The predicted molar refractivity (Wildman–Crippen MR) is 73.8 cm³/mol. The Morgan fingerprint density at radius 1 is 1.50 bits per heavy atom. The molecule has 2 rings (SSSR count). The van der Waals surface area contributed by atoms with Crippen LogP contribution in [0.5, 0.6) is 0 Å². The van der Waals surface area contributed by atoms with Gasteiger partial charge in [0.1, 0.15) is 0 Å². The molecule has 1 fully saturated rings. The van der Waals surface area contributed by atoms with Crippen LogP contribution < -0.4 is 5.32 Å². The van der Waals surface area contributed by atoms with Gasteiger partial charge in [-0.15, -0.1) is 0 Å². The molecule has 20 heavy (non-hydrogen) atoms. The van der Waals surface area contributed by atoms with Gasteiger partial charge in [-0.1, -0.05) is 11.6 Å². The number of nitrogens with zero attached hydrogens (tertiary/aromatic N) is 1. The standard InChI is InChI=1S/C13H15ClN2O4/c14-11-7-9(16(19)20)1-2-10(11)12(18)15-8-13(3-4-13)5-6-17/h1-2,7,17H,3-6,8H2,(H,15,18). The van der Waals surface area contributed by atoms with Gasteiger partial charge in [-0.3, -0.25) is 14.9 Å². The molecule has 1 aliphatic rings. The minimum absolute atomic E-state index is 0.0116. The lowest BCUT2D eigenvalue weighted by atomic mass is 10.0. The number of aliphatic hydroxyl groups is 1. The summed E-state index contributed by atoms with van der Waals surface area (Å²) >= 11 is 5.89. The van der Waals surface area contributed by atoms with Crippen molar-refractivity contribution < 1.29 is 14.8 Å². The summed E-state index contributed by atoms with van der Waals surface area (Å²) in [6.45, 7) is 0.591. The Bertz CT molecular complexity index is 543. The topological polar surface area (TPSA) is 92.5 Å². The average molecular weight is 299 g/mol. The summed E-state index contributed by atoms with van der Waals surface area (Å²) in [5, 5.41) is 22.4. The van der Waals surface area contributed by atoms with E-state index in [-0.39, 0.29) is 34.2 Å². The molecule has 1 amide bonds. The number of nitro groups is 1. The second kappa shape index (κ2) is 5.76. The summed E-state index contributed by atoms with van der Waals surface area (Å²) in [6, 6.07) is 3.76. The molecule has 0 aromatic heterocycles. The third kappa shape index (κ3) is 3.26. The highest BCUT2D eigenvalue weighted by molar-refractivity contribution is 6.34. The van der Waals surface area contributed by atoms with Gasteiger partial charge in [0.15, 0.2) is 0 Å². The second-order valence-corrected chi connectivity index (χ2v) is 5.48. The van der Waals surface area contributed by atoms with Crippen molar-refractivity contribution in [3.8, 4) is 0 Å². The quantitative estimate of drug-likeness (QED) is 0.621. The van der Waals surface area contributed by atoms with Gasteiger partial charge in [0.25, 0.3) is 11.6 Å². The highest BCUT2D eigenvalue weighted by Crippen LogP contribution is 2.47. The number of non-ortho nitro benzene ring substituents is 1. The molecule has 7 heteroatoms. The number of hydrogen-bond acceptors (Lipinski definition) is 4. The minimum Gasteiger partial charge on any atom is -0.396 e. The Hall–Kier alpha value is -1.66. The number of halogens is 1. The molecule has 2 N–H and O–H groups in total. The fraction of sp³-hybridized carbons (Fsp3) is 0.462. The van der Waals surface area contributed by atoms with Gasteiger partial charge in [-0.2, -0.15) is 0 Å². The zero-order chi connectivity index (χ0) is 14.8. The molecule has 0 unspecified atom stereocenters. The third-order valence-corrected chi connectivity index (χ3v) is 3.94. The van der Waals surface area contributed by atoms with Crippen molar-refractivity contribution in [3.05, 3.63) is 38.9 Å². The van der Waals surface area contributed by atoms with E-state index in [2.05, 4.69) is 5.32 Å². The van der Waals surface area contributed by atoms with E-state index >= 15 is 0 Å². The maximum atomic E-state index is 12.0. The summed E-state index contributed by atoms with van der Waals surface area (Å²) in [7, 11) is 0. The van der Waals surface area contributed by atoms with Crippen molar-refractivity contribution in [3.63, 3.8) is 0 Å². The lowest BCUT2D eigenvalue weighted by Crippen LogP contribution is -2.30. The molecule has 1 saturated carbocycles. The number of amides is 1. The van der Waals surface area contributed by atoms with E-state index in [0.29, 0.717) is 13.0 Å². The molecule has 0 atom stereocenters. The number of hydrogen-bond donors (Lipinski definition) is 2. The lowest BCUT2D eigenvalue weighted by Gasteiger charge is -2.14. The fourth-order valence-electron chi connectivity index (χ4n) is 2.09. The normalized spacial score (nSPS) is 15.7. The number of carbonyl (C=O) groups excluding carboxylic acids is 1. The molecule has 0 bridgehead atoms. The summed E-state index contributed by atoms with van der Waals surface area (Å²) in [6.07, 6.45) is 2.64. The Morgan fingerprint density at radius 2 is 2.20 bits per heavy atom. The van der Waals surface area contributed by atoms with Crippen LogP contribution in [0.25, 0.3) is 0 Å². The molecule has 0 heterocycles. The van der Waals surface area contributed by atoms with Gasteiger partial charge in [-0.05, 0) is 30.7 Å². The van der Waals surface area contributed by atoms with Crippen molar-refractivity contribution >= 4 is 23.2 Å². The van der Waals surface area contributed by atoms with Gasteiger partial charge in [0, 0.05) is 25.3 Å². The Morgan fingerprint density at radius 3 is 2.70 bits per heavy atom. The molecule has 1 aliphatic carbocycles. The van der Waals surface area contributed by atoms with Crippen LogP contribution in [0.3, 0.4) is 0 Å². The first kappa shape index (κ1) is 14.7. The summed E-state index contributed by atoms with van der Waals surface area (Å²) < 4.78 is 0. The first-order valence-electron chi connectivity index (χ1n) is 6.30. The zero-order valence-corrected chi connectivity index (χ0v) is 11.5. The van der Waals surface area contributed by atoms with E-state index < -0.39 is 4.92 Å². The molecular formula is C13H15ClN2O4. The lowest BCUT2D eigenvalue weighted by molar-refractivity contribution is -0.384. The summed E-state index contributed by atoms with van der Waals surface area (Å²) in [4.78, 5) is 22.0. The molecule has 6 nitrogen and oxygen atoms in total. The van der Waals surface area contributed by atoms with Crippen LogP contribution in [0.2, 0.25) is 5.02 Å². The number of aliphatic hydroxyl groups excluding tert-OH is 1. The fourth-order valence-corrected chi connectivity index (χ4v) is 2.35. The smallest absolute Gasteiger partial charge is 0.270 e. The van der Waals surface area contributed by atoms with E-state index in [1.165, 1.54) is 12.1 Å². The first-order valence-corrected chi connectivity index (χ1v) is 6.68. The Kier molecular flexibility index (Phi) is 4.25. The Balaban J connectivity index is 2.01. The van der Waals surface area contributed by atoms with Crippen molar-refractivity contribution in [2.45, 2.75) is 19.3 Å². The predicted octanol–water partition coefficient (Wildman–Crippen LogP) is 2.14. The Labute approximate surface area is 120 Å². The number of nitro benzene ring substituents is 1. The van der Waals surface area contributed by atoms with Crippen molar-refractivity contribution in [2.75, 3.05) is 13.2 Å². The molecular weight excluding hydrogens is 284 g/mol. The number of nitrogens with one attached hydrogen (secondary N) is 1. The third-order valence-electron chi connectivity index (χ3n) is 3.63. The van der Waals surface area contributed by atoms with E-state index in [1.54, 1.807) is 0 Å². The average Bonchev–Trinajstić information content (AvgIpc) is 3.16. The molecule has 0 spiro atoms. The van der Waals surface area contributed by atoms with Crippen molar-refractivity contribution in [1.29, 1.82) is 0 Å². The maximum absolute atomic E-state index is 12.0. The van der Waals surface area contributed by atoms with E-state index in [0.717, 1.165) is 18.9 Å². The number of rotatable bonds is 6. The summed E-state index contributed by atoms with van der Waals surface area (Å²) in [5.74, 6) is -0.353. The maximum Gasteiger partial charge on any atom is 0.270 e. The first-order chi connectivity index (χ1) is 9.47. The molecule has 0 saturated heterocycles. The van der Waals surface area contributed by atoms with Crippen LogP contribution in [0.4, 0.5) is 5.69 Å². The summed E-state index contributed by atoms with van der Waals surface area (Å²) in [5.41, 5.74) is 0.0834. The number of carbonyl (C=O) groups is 1. The van der Waals surface area contributed by atoms with Gasteiger partial charge in [-0.25, -0.2) is 0 Å². The highest BCUT2D eigenvalue weighted by Gasteiger charge is 2.41. The van der Waals surface area contributed by atoms with E-state index in [1.807, 2.05) is 0 Å². The van der Waals surface area contributed by atoms with Crippen LogP contribution >= 0.6 is 11.6 Å². The molecule has 108 valence electrons. The van der Waals surface area contributed by atoms with Gasteiger partial charge < -0.3 is 10.4 Å². The van der Waals surface area contributed by atoms with E-state index in [9.17, 15) is 14.9 Å². The van der Waals surface area contributed by atoms with Crippen molar-refractivity contribution in [2.24, 2.45) is 5.41 Å². The largest absolute Gasteiger partial charge is 0.396 e. The second-order valence-electron chi connectivity index (χ2n) is 5.08. The van der Waals surface area contributed by atoms with Crippen LogP contribution in [0.1, 0.15) is 29.6 Å². The molecule has 0 radical (unpaired) electrons. The van der Waals surface area contributed by atoms with Gasteiger partial charge in [0.05, 0.1) is 15.5 Å².